The number of rotatable bonds is 7. The highest BCUT2D eigenvalue weighted by atomic mass is 32.1. The maximum absolute atomic E-state index is 13.5. The van der Waals surface area contributed by atoms with Gasteiger partial charge in [0.25, 0.3) is 5.91 Å². The van der Waals surface area contributed by atoms with E-state index in [0.717, 1.165) is 15.6 Å². The third-order valence-corrected chi connectivity index (χ3v) is 7.05. The fourth-order valence-corrected chi connectivity index (χ4v) is 5.19. The van der Waals surface area contributed by atoms with E-state index in [0.29, 0.717) is 32.8 Å². The fraction of sp³-hybridized carbons (Fsp3) is 0.0333. The van der Waals surface area contributed by atoms with Crippen LogP contribution in [0.2, 0.25) is 0 Å². The zero-order chi connectivity index (χ0) is 25.8. The molecule has 0 radical (unpaired) electrons. The lowest BCUT2D eigenvalue weighted by atomic mass is 9.96. The normalized spacial score (nSPS) is 10.7. The van der Waals surface area contributed by atoms with E-state index >= 15 is 0 Å². The summed E-state index contributed by atoms with van der Waals surface area (Å²) >= 11 is 1.37. The summed E-state index contributed by atoms with van der Waals surface area (Å²) in [5.41, 5.74) is 9.29. The van der Waals surface area contributed by atoms with Crippen molar-refractivity contribution in [2.24, 2.45) is 5.73 Å². The fourth-order valence-electron chi connectivity index (χ4n) is 4.07. The van der Waals surface area contributed by atoms with Gasteiger partial charge in [0.05, 0.1) is 5.56 Å². The molecular formula is C30H23N3O3S. The van der Waals surface area contributed by atoms with Gasteiger partial charge in [0, 0.05) is 26.9 Å². The van der Waals surface area contributed by atoms with Gasteiger partial charge in [-0.2, -0.15) is 0 Å². The molecular weight excluding hydrogens is 482 g/mol. The molecule has 0 atom stereocenters. The number of hydrogen-bond donors (Lipinski definition) is 3. The van der Waals surface area contributed by atoms with Crippen LogP contribution in [0.3, 0.4) is 0 Å². The Kier molecular flexibility index (Phi) is 6.78. The van der Waals surface area contributed by atoms with Gasteiger partial charge in [0.2, 0.25) is 0 Å². The van der Waals surface area contributed by atoms with Gasteiger partial charge < -0.3 is 15.8 Å². The number of thiophene rings is 1. The topological polar surface area (TPSA) is 105 Å². The monoisotopic (exact) mass is 505 g/mol. The van der Waals surface area contributed by atoms with Crippen LogP contribution in [0.25, 0.3) is 21.2 Å². The molecule has 6 nitrogen and oxygen atoms in total. The maximum atomic E-state index is 13.5. The first kappa shape index (κ1) is 24.0. The van der Waals surface area contributed by atoms with E-state index < -0.39 is 5.97 Å². The zero-order valence-electron chi connectivity index (χ0n) is 19.7. The molecule has 1 heterocycles. The predicted molar refractivity (Wildman–Crippen MR) is 148 cm³/mol. The van der Waals surface area contributed by atoms with Crippen molar-refractivity contribution in [2.45, 2.75) is 6.61 Å². The summed E-state index contributed by atoms with van der Waals surface area (Å²) in [7, 11) is 0. The van der Waals surface area contributed by atoms with Crippen LogP contribution >= 0.6 is 11.3 Å². The van der Waals surface area contributed by atoms with Gasteiger partial charge in [0.15, 0.2) is 0 Å². The smallest absolute Gasteiger partial charge is 0.339 e. The lowest BCUT2D eigenvalue weighted by molar-refractivity contribution is 0.0473. The van der Waals surface area contributed by atoms with E-state index in [4.69, 9.17) is 15.9 Å². The number of benzene rings is 4. The van der Waals surface area contributed by atoms with E-state index in [1.807, 2.05) is 66.7 Å². The molecule has 0 spiro atoms. The highest BCUT2D eigenvalue weighted by Crippen LogP contribution is 2.40. The van der Waals surface area contributed by atoms with Gasteiger partial charge in [0.1, 0.15) is 17.3 Å². The van der Waals surface area contributed by atoms with Gasteiger partial charge in [-0.1, -0.05) is 66.7 Å². The Bertz CT molecular complexity index is 1610. The summed E-state index contributed by atoms with van der Waals surface area (Å²) in [5, 5.41) is 11.4. The first-order chi connectivity index (χ1) is 18.0. The summed E-state index contributed by atoms with van der Waals surface area (Å²) in [5.74, 6) is -0.791. The molecule has 182 valence electrons. The second-order valence-corrected chi connectivity index (χ2v) is 9.41. The van der Waals surface area contributed by atoms with Crippen LogP contribution in [0.4, 0.5) is 5.69 Å². The molecule has 1 amide bonds. The van der Waals surface area contributed by atoms with Crippen LogP contribution in [0.15, 0.2) is 103 Å². The number of carbonyl (C=O) groups excluding carboxylic acids is 2. The standard InChI is InChI=1S/C30H23N3O3S/c31-28(32)20-14-16-21(17-15-20)33-29(34)27-26(24-12-6-7-13-25(24)37-27)22-10-4-5-11-23(22)30(35)36-18-19-8-2-1-3-9-19/h1-17H,18H2,(H3,31,32)(H,33,34). The molecule has 0 unspecified atom stereocenters. The number of ether oxygens (including phenoxy) is 1. The molecule has 0 fully saturated rings. The van der Waals surface area contributed by atoms with E-state index in [1.54, 1.807) is 36.4 Å². The van der Waals surface area contributed by atoms with Crippen molar-refractivity contribution in [2.75, 3.05) is 5.32 Å². The third kappa shape index (κ3) is 5.12. The number of anilines is 1. The summed E-state index contributed by atoms with van der Waals surface area (Å²) in [6.07, 6.45) is 0. The van der Waals surface area contributed by atoms with Gasteiger partial charge in [-0.15, -0.1) is 11.3 Å². The van der Waals surface area contributed by atoms with Crippen LogP contribution in [0.5, 0.6) is 0 Å². The number of hydrogen-bond acceptors (Lipinski definition) is 5. The highest BCUT2D eigenvalue weighted by molar-refractivity contribution is 7.21. The van der Waals surface area contributed by atoms with Gasteiger partial charge in [-0.3, -0.25) is 10.2 Å². The molecule has 0 bridgehead atoms. The summed E-state index contributed by atoms with van der Waals surface area (Å²) < 4.78 is 6.56. The first-order valence-corrected chi connectivity index (χ1v) is 12.4. The second kappa shape index (κ2) is 10.5. The molecule has 0 aliphatic carbocycles. The van der Waals surface area contributed by atoms with Crippen molar-refractivity contribution in [1.29, 1.82) is 5.41 Å². The van der Waals surface area contributed by atoms with Gasteiger partial charge in [-0.05, 0) is 47.5 Å². The second-order valence-electron chi connectivity index (χ2n) is 8.35. The number of carbonyl (C=O) groups is 2. The van der Waals surface area contributed by atoms with Crippen molar-refractivity contribution in [1.82, 2.24) is 0 Å². The Labute approximate surface area is 217 Å². The van der Waals surface area contributed by atoms with Crippen LogP contribution in [0, 0.1) is 5.41 Å². The lowest BCUT2D eigenvalue weighted by Gasteiger charge is -2.12. The minimum Gasteiger partial charge on any atom is -0.457 e. The number of amides is 1. The number of amidine groups is 1. The van der Waals surface area contributed by atoms with Crippen molar-refractivity contribution in [3.05, 3.63) is 125 Å². The summed E-state index contributed by atoms with van der Waals surface area (Å²) in [6.45, 7) is 0.155. The lowest BCUT2D eigenvalue weighted by Crippen LogP contribution is -2.13. The zero-order valence-corrected chi connectivity index (χ0v) is 20.5. The molecule has 0 saturated carbocycles. The third-order valence-electron chi connectivity index (χ3n) is 5.88. The largest absolute Gasteiger partial charge is 0.457 e. The van der Waals surface area contributed by atoms with Gasteiger partial charge >= 0.3 is 5.97 Å². The molecule has 37 heavy (non-hydrogen) atoms. The molecule has 5 rings (SSSR count). The molecule has 0 aliphatic heterocycles. The Morgan fingerprint density at radius 3 is 2.27 bits per heavy atom. The average Bonchev–Trinajstić information content (AvgIpc) is 3.32. The van der Waals surface area contributed by atoms with Crippen molar-refractivity contribution >= 4 is 44.8 Å². The number of esters is 1. The first-order valence-electron chi connectivity index (χ1n) is 11.6. The van der Waals surface area contributed by atoms with Crippen LogP contribution in [-0.4, -0.2) is 17.7 Å². The number of nitrogens with one attached hydrogen (secondary N) is 2. The van der Waals surface area contributed by atoms with Crippen molar-refractivity contribution in [3.63, 3.8) is 0 Å². The van der Waals surface area contributed by atoms with E-state index in [1.165, 1.54) is 11.3 Å². The molecule has 0 aliphatic rings. The van der Waals surface area contributed by atoms with Crippen LogP contribution in [0.1, 0.15) is 31.2 Å². The Hall–Kier alpha value is -4.75. The number of fused-ring (bicyclic) bond motifs is 1. The summed E-state index contributed by atoms with van der Waals surface area (Å²) in [6, 6.07) is 31.2. The molecule has 4 N–H and O–H groups in total. The van der Waals surface area contributed by atoms with Gasteiger partial charge in [-0.25, -0.2) is 4.79 Å². The molecule has 0 saturated heterocycles. The molecule has 4 aromatic carbocycles. The van der Waals surface area contributed by atoms with Crippen LogP contribution < -0.4 is 11.1 Å². The Balaban J connectivity index is 1.51. The molecule has 1 aromatic heterocycles. The minimum absolute atomic E-state index is 0.0413. The van der Waals surface area contributed by atoms with Crippen LogP contribution in [-0.2, 0) is 11.3 Å². The van der Waals surface area contributed by atoms with Crippen molar-refractivity contribution < 1.29 is 14.3 Å². The SMILES string of the molecule is N=C(N)c1ccc(NC(=O)c2sc3ccccc3c2-c2ccccc2C(=O)OCc2ccccc2)cc1. The molecule has 7 heteroatoms. The van der Waals surface area contributed by atoms with Crippen molar-refractivity contribution in [3.8, 4) is 11.1 Å². The minimum atomic E-state index is -0.457. The van der Waals surface area contributed by atoms with E-state index in [9.17, 15) is 9.59 Å². The Morgan fingerprint density at radius 1 is 0.838 bits per heavy atom. The number of nitrogen functional groups attached to an aromatic ring is 1. The van der Waals surface area contributed by atoms with E-state index in [-0.39, 0.29) is 18.3 Å². The van der Waals surface area contributed by atoms with E-state index in [2.05, 4.69) is 5.32 Å². The highest BCUT2D eigenvalue weighted by Gasteiger charge is 2.24. The predicted octanol–water partition coefficient (Wildman–Crippen LogP) is 6.46. The number of nitrogens with two attached hydrogens (primary N) is 1. The molecule has 5 aromatic rings. The average molecular weight is 506 g/mol. The Morgan fingerprint density at radius 2 is 1.51 bits per heavy atom. The summed E-state index contributed by atoms with van der Waals surface area (Å²) in [4.78, 5) is 27.2. The maximum Gasteiger partial charge on any atom is 0.339 e. The quantitative estimate of drug-likeness (QED) is 0.134.